The molecule has 0 saturated carbocycles. The first-order valence-electron chi connectivity index (χ1n) is 10.8. The van der Waals surface area contributed by atoms with Gasteiger partial charge in [-0.3, -0.25) is 0 Å². The van der Waals surface area contributed by atoms with E-state index >= 15 is 0 Å². The molecule has 0 amide bonds. The number of allylic oxidation sites excluding steroid dienone is 3. The van der Waals surface area contributed by atoms with E-state index in [9.17, 15) is 4.79 Å². The molecule has 0 saturated heterocycles. The number of rotatable bonds is 9. The second-order valence-electron chi connectivity index (χ2n) is 9.24. The quantitative estimate of drug-likeness (QED) is 0.324. The Kier molecular flexibility index (Phi) is 8.37. The van der Waals surface area contributed by atoms with E-state index in [1.165, 1.54) is 11.1 Å². The van der Waals surface area contributed by atoms with Crippen LogP contribution in [0.1, 0.15) is 68.2 Å². The highest BCUT2D eigenvalue weighted by molar-refractivity contribution is 5.90. The number of ether oxygens (including phenoxy) is 3. The van der Waals surface area contributed by atoms with E-state index in [0.29, 0.717) is 22.5 Å². The predicted octanol–water partition coefficient (Wildman–Crippen LogP) is 6.83. The molecule has 5 heteroatoms. The summed E-state index contributed by atoms with van der Waals surface area (Å²) in [5.41, 5.74) is 1.86. The minimum Gasteiger partial charge on any atom is -0.486 e. The fourth-order valence-electron chi connectivity index (χ4n) is 3.00. The van der Waals surface area contributed by atoms with Gasteiger partial charge in [-0.05, 0) is 86.4 Å². The third kappa shape index (κ3) is 7.50. The summed E-state index contributed by atoms with van der Waals surface area (Å²) >= 11 is 0. The van der Waals surface area contributed by atoms with Gasteiger partial charge in [0.15, 0.2) is 17.1 Å². The minimum atomic E-state index is -0.580. The highest BCUT2D eigenvalue weighted by Gasteiger charge is 2.23. The lowest BCUT2D eigenvalue weighted by Gasteiger charge is -2.22. The topological polar surface area (TPSA) is 57.9 Å². The van der Waals surface area contributed by atoms with Crippen LogP contribution in [0.3, 0.4) is 0 Å². The molecule has 31 heavy (non-hydrogen) atoms. The minimum absolute atomic E-state index is 0.0856. The molecule has 1 aromatic carbocycles. The Balaban J connectivity index is 2.39. The van der Waals surface area contributed by atoms with Crippen LogP contribution in [0, 0.1) is 0 Å². The largest absolute Gasteiger partial charge is 0.486 e. The molecule has 0 spiro atoms. The van der Waals surface area contributed by atoms with Gasteiger partial charge in [0.25, 0.3) is 0 Å². The third-order valence-electron chi connectivity index (χ3n) is 4.33. The summed E-state index contributed by atoms with van der Waals surface area (Å²) in [6, 6.07) is 5.49. The van der Waals surface area contributed by atoms with Crippen molar-refractivity contribution in [3.8, 4) is 17.2 Å². The van der Waals surface area contributed by atoms with Crippen LogP contribution in [0.4, 0.5) is 0 Å². The molecule has 0 atom stereocenters. The fraction of sp³-hybridized carbons (Fsp3) is 0.500. The number of benzene rings is 1. The zero-order valence-corrected chi connectivity index (χ0v) is 20.1. The maximum Gasteiger partial charge on any atom is 0.383 e. The smallest absolute Gasteiger partial charge is 0.383 e. The molecule has 0 radical (unpaired) electrons. The van der Waals surface area contributed by atoms with Gasteiger partial charge in [-0.2, -0.15) is 0 Å². The summed E-state index contributed by atoms with van der Waals surface area (Å²) in [5, 5.41) is 0.648. The second kappa shape index (κ2) is 10.6. The summed E-state index contributed by atoms with van der Waals surface area (Å²) in [4.78, 5) is 12.8. The monoisotopic (exact) mass is 428 g/mol. The summed E-state index contributed by atoms with van der Waals surface area (Å²) < 4.78 is 23.5. The van der Waals surface area contributed by atoms with Crippen molar-refractivity contribution in [2.75, 3.05) is 6.61 Å². The lowest BCUT2D eigenvalue weighted by molar-refractivity contribution is 0.131. The molecule has 2 aromatic rings. The SMILES string of the molecule is CC(C)=CCC/C(C)=C/COc1c(OC(C)C)c2cccc(OC(C)(C)C)c2oc1=O. The van der Waals surface area contributed by atoms with Crippen molar-refractivity contribution >= 4 is 11.0 Å². The molecule has 0 N–H and O–H groups in total. The van der Waals surface area contributed by atoms with Crippen molar-refractivity contribution in [3.63, 3.8) is 0 Å². The van der Waals surface area contributed by atoms with Crippen molar-refractivity contribution in [1.82, 2.24) is 0 Å². The summed E-state index contributed by atoms with van der Waals surface area (Å²) in [5.74, 6) is 0.968. The first kappa shape index (κ1) is 24.6. The van der Waals surface area contributed by atoms with E-state index in [1.807, 2.05) is 52.8 Å². The Labute approximate surface area is 185 Å². The second-order valence-corrected chi connectivity index (χ2v) is 9.24. The molecule has 5 nitrogen and oxygen atoms in total. The summed E-state index contributed by atoms with van der Waals surface area (Å²) in [6.07, 6.45) is 5.99. The van der Waals surface area contributed by atoms with E-state index < -0.39 is 11.2 Å². The van der Waals surface area contributed by atoms with E-state index in [2.05, 4.69) is 26.8 Å². The van der Waals surface area contributed by atoms with Crippen LogP contribution in [0.5, 0.6) is 17.2 Å². The average Bonchev–Trinajstić information content (AvgIpc) is 2.62. The van der Waals surface area contributed by atoms with Gasteiger partial charge in [-0.15, -0.1) is 0 Å². The Morgan fingerprint density at radius 3 is 2.42 bits per heavy atom. The molecule has 0 unspecified atom stereocenters. The van der Waals surface area contributed by atoms with Crippen LogP contribution >= 0.6 is 0 Å². The zero-order valence-electron chi connectivity index (χ0n) is 20.1. The molecule has 1 heterocycles. The molecule has 0 aliphatic carbocycles. The number of hydrogen-bond acceptors (Lipinski definition) is 5. The third-order valence-corrected chi connectivity index (χ3v) is 4.33. The Morgan fingerprint density at radius 2 is 1.81 bits per heavy atom. The first-order chi connectivity index (χ1) is 14.5. The summed E-state index contributed by atoms with van der Waals surface area (Å²) in [7, 11) is 0. The van der Waals surface area contributed by atoms with Gasteiger partial charge < -0.3 is 18.6 Å². The predicted molar refractivity (Wildman–Crippen MR) is 127 cm³/mol. The van der Waals surface area contributed by atoms with E-state index in [1.54, 1.807) is 6.07 Å². The molecule has 0 aliphatic rings. The lowest BCUT2D eigenvalue weighted by atomic mass is 10.1. The molecule has 0 fully saturated rings. The Hall–Kier alpha value is -2.69. The lowest BCUT2D eigenvalue weighted by Crippen LogP contribution is -2.23. The fourth-order valence-corrected chi connectivity index (χ4v) is 3.00. The Bertz CT molecular complexity index is 999. The normalized spacial score (nSPS) is 12.2. The van der Waals surface area contributed by atoms with Crippen LogP contribution in [0.15, 0.2) is 50.7 Å². The zero-order chi connectivity index (χ0) is 23.2. The molecule has 0 aliphatic heterocycles. The van der Waals surface area contributed by atoms with Gasteiger partial charge >= 0.3 is 5.63 Å². The number of hydrogen-bond donors (Lipinski definition) is 0. The van der Waals surface area contributed by atoms with Crippen LogP contribution < -0.4 is 19.8 Å². The molecule has 170 valence electrons. The Morgan fingerprint density at radius 1 is 1.10 bits per heavy atom. The molecule has 2 rings (SSSR count). The van der Waals surface area contributed by atoms with Gasteiger partial charge in [0.2, 0.25) is 5.75 Å². The van der Waals surface area contributed by atoms with Gasteiger partial charge in [0.05, 0.1) is 11.5 Å². The van der Waals surface area contributed by atoms with Crippen LogP contribution in [0.2, 0.25) is 0 Å². The van der Waals surface area contributed by atoms with Gasteiger partial charge in [0.1, 0.15) is 12.2 Å². The van der Waals surface area contributed by atoms with Crippen molar-refractivity contribution in [1.29, 1.82) is 0 Å². The maximum atomic E-state index is 12.8. The molecule has 1 aromatic heterocycles. The van der Waals surface area contributed by atoms with Crippen LogP contribution in [0.25, 0.3) is 11.0 Å². The van der Waals surface area contributed by atoms with Crippen LogP contribution in [-0.2, 0) is 0 Å². The maximum absolute atomic E-state index is 12.8. The van der Waals surface area contributed by atoms with Crippen molar-refractivity contribution in [2.24, 2.45) is 0 Å². The molecular formula is C26H36O5. The summed E-state index contributed by atoms with van der Waals surface area (Å²) in [6.45, 7) is 16.2. The van der Waals surface area contributed by atoms with Gasteiger partial charge in [-0.25, -0.2) is 4.79 Å². The van der Waals surface area contributed by atoms with Crippen LogP contribution in [-0.4, -0.2) is 18.3 Å². The van der Waals surface area contributed by atoms with Gasteiger partial charge in [0, 0.05) is 0 Å². The highest BCUT2D eigenvalue weighted by Crippen LogP contribution is 2.38. The van der Waals surface area contributed by atoms with E-state index in [4.69, 9.17) is 18.6 Å². The van der Waals surface area contributed by atoms with Crippen molar-refractivity contribution in [3.05, 3.63) is 51.9 Å². The van der Waals surface area contributed by atoms with E-state index in [-0.39, 0.29) is 18.5 Å². The average molecular weight is 429 g/mol. The van der Waals surface area contributed by atoms with Crippen molar-refractivity contribution < 1.29 is 18.6 Å². The molecular weight excluding hydrogens is 392 g/mol. The van der Waals surface area contributed by atoms with Crippen molar-refractivity contribution in [2.45, 2.75) is 79.9 Å². The number of fused-ring (bicyclic) bond motifs is 1. The molecule has 0 bridgehead atoms. The highest BCUT2D eigenvalue weighted by atomic mass is 16.5. The van der Waals surface area contributed by atoms with E-state index in [0.717, 1.165) is 12.8 Å². The van der Waals surface area contributed by atoms with Gasteiger partial charge in [-0.1, -0.05) is 23.3 Å². The first-order valence-corrected chi connectivity index (χ1v) is 10.8. The number of para-hydroxylation sites is 1. The standard InChI is InChI=1S/C26H36O5/c1-17(2)11-9-12-19(5)15-16-28-24-23(29-18(3)4)20-13-10-14-21(31-26(6,7)8)22(20)30-25(24)27/h10-11,13-15,18H,9,12,16H2,1-8H3/b19-15+.